The Hall–Kier alpha value is -0.820. The van der Waals surface area contributed by atoms with E-state index in [4.69, 9.17) is 27.9 Å². The van der Waals surface area contributed by atoms with Crippen LogP contribution in [0.5, 0.6) is 0 Å². The Labute approximate surface area is 204 Å². The molecule has 176 valence electrons. The predicted molar refractivity (Wildman–Crippen MR) is 132 cm³/mol. The lowest BCUT2D eigenvalue weighted by Crippen LogP contribution is -2.47. The zero-order chi connectivity index (χ0) is 23.4. The minimum Gasteiger partial charge on any atom is -0.598 e. The molecule has 0 bridgehead atoms. The van der Waals surface area contributed by atoms with Gasteiger partial charge in [-0.3, -0.25) is 0 Å². The summed E-state index contributed by atoms with van der Waals surface area (Å²) in [5, 5.41) is 0.483. The second kappa shape index (κ2) is 11.1. The van der Waals surface area contributed by atoms with Crippen LogP contribution < -0.4 is 4.72 Å². The van der Waals surface area contributed by atoms with Crippen molar-refractivity contribution in [2.24, 2.45) is 5.41 Å². The van der Waals surface area contributed by atoms with Crippen molar-refractivity contribution in [1.82, 2.24) is 4.72 Å². The Morgan fingerprint density at radius 1 is 1.12 bits per heavy atom. The molecular weight excluding hydrogens is 468 g/mol. The Balaban J connectivity index is 1.88. The molecule has 7 heteroatoms. The number of rotatable bonds is 9. The number of hydrogen-bond acceptors (Lipinski definition) is 3. The van der Waals surface area contributed by atoms with E-state index in [0.717, 1.165) is 31.2 Å². The molecule has 0 amide bonds. The van der Waals surface area contributed by atoms with E-state index in [1.54, 1.807) is 0 Å². The second-order valence-corrected chi connectivity index (χ2v) is 12.3. The molecular formula is C25H32Cl2FNO2S. The van der Waals surface area contributed by atoms with Crippen LogP contribution in [-0.2, 0) is 22.7 Å². The molecule has 0 aliphatic heterocycles. The van der Waals surface area contributed by atoms with Gasteiger partial charge in [0.05, 0.1) is 22.7 Å². The summed E-state index contributed by atoms with van der Waals surface area (Å²) in [6.07, 6.45) is 4.52. The van der Waals surface area contributed by atoms with Gasteiger partial charge in [0.25, 0.3) is 0 Å². The van der Waals surface area contributed by atoms with E-state index >= 15 is 4.39 Å². The monoisotopic (exact) mass is 499 g/mol. The maximum Gasteiger partial charge on any atom is 0.136 e. The largest absolute Gasteiger partial charge is 0.598 e. The average molecular weight is 501 g/mol. The smallest absolute Gasteiger partial charge is 0.136 e. The lowest BCUT2D eigenvalue weighted by molar-refractivity contribution is 0.0698. The van der Waals surface area contributed by atoms with Crippen molar-refractivity contribution in [1.29, 1.82) is 0 Å². The summed E-state index contributed by atoms with van der Waals surface area (Å²) in [6.45, 7) is 6.73. The van der Waals surface area contributed by atoms with Gasteiger partial charge in [-0.15, -0.1) is 4.72 Å². The van der Waals surface area contributed by atoms with Crippen molar-refractivity contribution in [3.05, 3.63) is 69.5 Å². The van der Waals surface area contributed by atoms with Crippen LogP contribution in [0.1, 0.15) is 70.0 Å². The molecule has 3 nitrogen and oxygen atoms in total. The van der Waals surface area contributed by atoms with Crippen molar-refractivity contribution in [2.45, 2.75) is 70.3 Å². The molecule has 2 aromatic carbocycles. The molecule has 0 radical (unpaired) electrons. The first-order valence-electron chi connectivity index (χ1n) is 11.1. The van der Waals surface area contributed by atoms with E-state index in [-0.39, 0.29) is 10.4 Å². The first kappa shape index (κ1) is 25.8. The van der Waals surface area contributed by atoms with Gasteiger partial charge in [0.15, 0.2) is 0 Å². The summed E-state index contributed by atoms with van der Waals surface area (Å²) >= 11 is 11.4. The number of nitrogens with one attached hydrogen (secondary N) is 1. The molecule has 1 saturated carbocycles. The first-order valence-corrected chi connectivity index (χ1v) is 13.0. The Kier molecular flexibility index (Phi) is 8.92. The van der Waals surface area contributed by atoms with Crippen LogP contribution >= 0.6 is 23.2 Å². The van der Waals surface area contributed by atoms with Gasteiger partial charge in [0, 0.05) is 23.5 Å². The molecule has 0 spiro atoms. The van der Waals surface area contributed by atoms with Gasteiger partial charge in [-0.2, -0.15) is 0 Å². The molecule has 0 heterocycles. The standard InChI is InChI=1S/C25H32Cl2FNO2S/c1-24(2,3)32(30)29-23(21-20(28)12-11-19(26)22(21)27)25(13-7-8-14-25)15-16-31-17-18-9-5-4-6-10-18/h4-6,9-12,23,29H,7-8,13-17H2,1-3H3/t23-,32?/m1/s1. The maximum absolute atomic E-state index is 15.1. The topological polar surface area (TPSA) is 44.3 Å². The molecule has 1 aliphatic rings. The van der Waals surface area contributed by atoms with Crippen LogP contribution in [-0.4, -0.2) is 15.9 Å². The molecule has 1 aliphatic carbocycles. The molecule has 2 aromatic rings. The van der Waals surface area contributed by atoms with Gasteiger partial charge in [0.2, 0.25) is 0 Å². The number of halogens is 3. The number of hydrogen-bond donors (Lipinski definition) is 1. The van der Waals surface area contributed by atoms with Gasteiger partial charge >= 0.3 is 0 Å². The Morgan fingerprint density at radius 3 is 2.41 bits per heavy atom. The quantitative estimate of drug-likeness (QED) is 0.222. The highest BCUT2D eigenvalue weighted by Gasteiger charge is 2.47. The summed E-state index contributed by atoms with van der Waals surface area (Å²) in [7, 11) is 0. The predicted octanol–water partition coefficient (Wildman–Crippen LogP) is 7.39. The highest BCUT2D eigenvalue weighted by Crippen LogP contribution is 2.53. The third-order valence-corrected chi connectivity index (χ3v) is 8.60. The third kappa shape index (κ3) is 6.19. The molecule has 1 unspecified atom stereocenters. The van der Waals surface area contributed by atoms with Crippen molar-refractivity contribution < 1.29 is 13.7 Å². The summed E-state index contributed by atoms with van der Waals surface area (Å²) < 4.78 is 37.0. The van der Waals surface area contributed by atoms with E-state index in [1.165, 1.54) is 12.1 Å². The lowest BCUT2D eigenvalue weighted by atomic mass is 9.73. The van der Waals surface area contributed by atoms with Crippen LogP contribution in [0, 0.1) is 11.2 Å². The van der Waals surface area contributed by atoms with Crippen LogP contribution in [0.25, 0.3) is 0 Å². The normalized spacial score (nSPS) is 18.0. The van der Waals surface area contributed by atoms with E-state index in [0.29, 0.717) is 30.2 Å². The van der Waals surface area contributed by atoms with Gasteiger partial charge in [-0.05, 0) is 63.1 Å². The van der Waals surface area contributed by atoms with E-state index in [2.05, 4.69) is 4.72 Å². The van der Waals surface area contributed by atoms with Crippen molar-refractivity contribution in [3.63, 3.8) is 0 Å². The highest BCUT2D eigenvalue weighted by atomic mass is 35.5. The zero-order valence-electron chi connectivity index (χ0n) is 18.9. The van der Waals surface area contributed by atoms with Crippen LogP contribution in [0.4, 0.5) is 4.39 Å². The molecule has 1 fully saturated rings. The minimum atomic E-state index is -1.41. The second-order valence-electron chi connectivity index (χ2n) is 9.55. The maximum atomic E-state index is 15.1. The number of ether oxygens (including phenoxy) is 1. The molecule has 3 rings (SSSR count). The minimum absolute atomic E-state index is 0.187. The van der Waals surface area contributed by atoms with Crippen molar-refractivity contribution >= 4 is 34.6 Å². The van der Waals surface area contributed by atoms with Gasteiger partial charge in [0.1, 0.15) is 10.6 Å². The van der Waals surface area contributed by atoms with E-state index in [1.807, 2.05) is 51.1 Å². The molecule has 0 saturated heterocycles. The Bertz CT molecular complexity index is 886. The summed E-state index contributed by atoms with van der Waals surface area (Å²) in [5.74, 6) is -0.431. The average Bonchev–Trinajstić information content (AvgIpc) is 3.23. The summed E-state index contributed by atoms with van der Waals surface area (Å²) in [6, 6.07) is 12.3. The lowest BCUT2D eigenvalue weighted by Gasteiger charge is -2.40. The van der Waals surface area contributed by atoms with Crippen molar-refractivity contribution in [2.75, 3.05) is 6.61 Å². The Morgan fingerprint density at radius 2 is 1.78 bits per heavy atom. The SMILES string of the molecule is CC(C)(C)[S+]([O-])N[C@H](c1c(F)ccc(Cl)c1Cl)C1(CCOCc2ccccc2)CCCC1. The zero-order valence-corrected chi connectivity index (χ0v) is 21.3. The first-order chi connectivity index (χ1) is 15.1. The van der Waals surface area contributed by atoms with Crippen LogP contribution in [0.15, 0.2) is 42.5 Å². The van der Waals surface area contributed by atoms with Gasteiger partial charge in [-0.1, -0.05) is 66.4 Å². The summed E-state index contributed by atoms with van der Waals surface area (Å²) in [4.78, 5) is 0. The van der Waals surface area contributed by atoms with Crippen molar-refractivity contribution in [3.8, 4) is 0 Å². The van der Waals surface area contributed by atoms with Crippen LogP contribution in [0.2, 0.25) is 10.0 Å². The van der Waals surface area contributed by atoms with Gasteiger partial charge in [-0.25, -0.2) is 4.39 Å². The fourth-order valence-electron chi connectivity index (χ4n) is 4.38. The third-order valence-electron chi connectivity index (χ3n) is 6.22. The van der Waals surface area contributed by atoms with Gasteiger partial charge < -0.3 is 9.29 Å². The van der Waals surface area contributed by atoms with E-state index < -0.39 is 28.0 Å². The fraction of sp³-hybridized carbons (Fsp3) is 0.520. The molecule has 32 heavy (non-hydrogen) atoms. The fourth-order valence-corrected chi connectivity index (χ4v) is 5.75. The highest BCUT2D eigenvalue weighted by molar-refractivity contribution is 7.90. The number of benzene rings is 2. The molecule has 0 aromatic heterocycles. The van der Waals surface area contributed by atoms with Crippen LogP contribution in [0.3, 0.4) is 0 Å². The summed E-state index contributed by atoms with van der Waals surface area (Å²) in [5.41, 5.74) is 1.09. The molecule has 1 N–H and O–H groups in total. The van der Waals surface area contributed by atoms with E-state index in [9.17, 15) is 4.55 Å². The molecule has 2 atom stereocenters.